The Balaban J connectivity index is 1.30. The monoisotopic (exact) mass is 367 g/mol. The maximum atomic E-state index is 12.6. The molecule has 0 saturated carbocycles. The van der Waals surface area contributed by atoms with Crippen molar-refractivity contribution in [2.45, 2.75) is 24.9 Å². The number of hydrogen-bond donors (Lipinski definition) is 3. The molecule has 142 valence electrons. The molecule has 0 spiro atoms. The quantitative estimate of drug-likeness (QED) is 0.754. The van der Waals surface area contributed by atoms with E-state index in [2.05, 4.69) is 22.2 Å². The van der Waals surface area contributed by atoms with Crippen LogP contribution in [0.25, 0.3) is 0 Å². The van der Waals surface area contributed by atoms with Gasteiger partial charge in [0, 0.05) is 18.0 Å². The minimum absolute atomic E-state index is 0.0127. The first-order valence-corrected chi connectivity index (χ1v) is 9.37. The summed E-state index contributed by atoms with van der Waals surface area (Å²) in [5.74, 6) is 2.10. The minimum atomic E-state index is -0.267. The van der Waals surface area contributed by atoms with Crippen LogP contribution in [0.2, 0.25) is 0 Å². The highest BCUT2D eigenvalue weighted by Gasteiger charge is 2.32. The lowest BCUT2D eigenvalue weighted by molar-refractivity contribution is -0.123. The third-order valence-electron chi connectivity index (χ3n) is 5.25. The van der Waals surface area contributed by atoms with Gasteiger partial charge in [-0.25, -0.2) is 10.9 Å². The van der Waals surface area contributed by atoms with Gasteiger partial charge in [0.1, 0.15) is 17.5 Å². The number of hydrazine groups is 1. The Hall–Kier alpha value is -2.57. The summed E-state index contributed by atoms with van der Waals surface area (Å²) in [5.41, 5.74) is 8.59. The molecule has 3 unspecified atom stereocenters. The Morgan fingerprint density at radius 1 is 1.19 bits per heavy atom. The zero-order valence-corrected chi connectivity index (χ0v) is 15.4. The van der Waals surface area contributed by atoms with E-state index in [0.717, 1.165) is 23.5 Å². The molecule has 0 aliphatic carbocycles. The molecule has 2 heterocycles. The van der Waals surface area contributed by atoms with Gasteiger partial charge in [-0.1, -0.05) is 36.4 Å². The Bertz CT molecular complexity index is 811. The fraction of sp³-hybridized carbons (Fsp3) is 0.381. The fourth-order valence-corrected chi connectivity index (χ4v) is 3.78. The molecular weight excluding hydrogens is 342 g/mol. The van der Waals surface area contributed by atoms with E-state index in [1.54, 1.807) is 7.11 Å². The summed E-state index contributed by atoms with van der Waals surface area (Å²) < 4.78 is 11.2. The minimum Gasteiger partial charge on any atom is -0.496 e. The number of amides is 1. The van der Waals surface area contributed by atoms with E-state index in [4.69, 9.17) is 9.47 Å². The van der Waals surface area contributed by atoms with Gasteiger partial charge in [-0.15, -0.1) is 0 Å². The number of nitrogens with one attached hydrogen (secondary N) is 3. The third-order valence-corrected chi connectivity index (χ3v) is 5.25. The Labute approximate surface area is 159 Å². The molecule has 2 aliphatic heterocycles. The van der Waals surface area contributed by atoms with Gasteiger partial charge in [0.2, 0.25) is 5.91 Å². The standard InChI is InChI=1S/C21H25N3O3/c1-26-20-9-5-3-7-16(20)17-11-18(24-23-17)21(25)22-12-14-10-15-6-2-4-8-19(15)27-13-14/h2-9,14,17-18,23-24H,10-13H2,1H3,(H,22,25). The highest BCUT2D eigenvalue weighted by Crippen LogP contribution is 2.30. The zero-order chi connectivity index (χ0) is 18.6. The van der Waals surface area contributed by atoms with Crippen molar-refractivity contribution in [3.8, 4) is 11.5 Å². The average Bonchev–Trinajstić information content (AvgIpc) is 3.22. The topological polar surface area (TPSA) is 71.6 Å². The SMILES string of the molecule is COc1ccccc1C1CC(C(=O)NCC2COc3ccccc3C2)NN1. The average molecular weight is 367 g/mol. The summed E-state index contributed by atoms with van der Waals surface area (Å²) in [5, 5.41) is 3.07. The molecule has 3 atom stereocenters. The van der Waals surface area contributed by atoms with E-state index < -0.39 is 0 Å². The van der Waals surface area contributed by atoms with Crippen molar-refractivity contribution in [2.75, 3.05) is 20.3 Å². The molecule has 2 aliphatic rings. The number of rotatable bonds is 5. The predicted molar refractivity (Wildman–Crippen MR) is 103 cm³/mol. The van der Waals surface area contributed by atoms with E-state index in [1.807, 2.05) is 42.5 Å². The normalized spacial score (nSPS) is 24.0. The van der Waals surface area contributed by atoms with Crippen molar-refractivity contribution < 1.29 is 14.3 Å². The smallest absolute Gasteiger partial charge is 0.238 e. The van der Waals surface area contributed by atoms with E-state index in [0.29, 0.717) is 25.5 Å². The zero-order valence-electron chi connectivity index (χ0n) is 15.4. The first-order chi connectivity index (χ1) is 13.2. The van der Waals surface area contributed by atoms with Crippen LogP contribution in [0, 0.1) is 5.92 Å². The second-order valence-electron chi connectivity index (χ2n) is 7.11. The summed E-state index contributed by atoms with van der Waals surface area (Å²) in [4.78, 5) is 12.6. The van der Waals surface area contributed by atoms with Crippen molar-refractivity contribution in [1.82, 2.24) is 16.2 Å². The van der Waals surface area contributed by atoms with E-state index in [-0.39, 0.29) is 18.0 Å². The maximum absolute atomic E-state index is 12.6. The van der Waals surface area contributed by atoms with Crippen LogP contribution in [-0.4, -0.2) is 32.2 Å². The molecule has 1 saturated heterocycles. The molecule has 2 aromatic carbocycles. The van der Waals surface area contributed by atoms with Crippen molar-refractivity contribution >= 4 is 5.91 Å². The number of carbonyl (C=O) groups excluding carboxylic acids is 1. The Kier molecular flexibility index (Phi) is 5.27. The summed E-state index contributed by atoms with van der Waals surface area (Å²) in [7, 11) is 1.66. The van der Waals surface area contributed by atoms with Crippen LogP contribution in [0.15, 0.2) is 48.5 Å². The molecule has 4 rings (SSSR count). The van der Waals surface area contributed by atoms with Crippen LogP contribution in [0.5, 0.6) is 11.5 Å². The van der Waals surface area contributed by atoms with Gasteiger partial charge >= 0.3 is 0 Å². The molecule has 0 aromatic heterocycles. The lowest BCUT2D eigenvalue weighted by atomic mass is 9.96. The number of para-hydroxylation sites is 2. The van der Waals surface area contributed by atoms with Crippen LogP contribution >= 0.6 is 0 Å². The van der Waals surface area contributed by atoms with Crippen molar-refractivity contribution in [2.24, 2.45) is 5.92 Å². The molecule has 0 bridgehead atoms. The van der Waals surface area contributed by atoms with Crippen LogP contribution in [0.3, 0.4) is 0 Å². The van der Waals surface area contributed by atoms with E-state index in [1.165, 1.54) is 5.56 Å². The molecule has 1 amide bonds. The van der Waals surface area contributed by atoms with Gasteiger partial charge in [-0.3, -0.25) is 4.79 Å². The van der Waals surface area contributed by atoms with Gasteiger partial charge in [-0.05, 0) is 30.5 Å². The van der Waals surface area contributed by atoms with Crippen LogP contribution in [0.1, 0.15) is 23.6 Å². The number of carbonyl (C=O) groups is 1. The number of ether oxygens (including phenoxy) is 2. The number of benzene rings is 2. The van der Waals surface area contributed by atoms with Gasteiger partial charge in [0.25, 0.3) is 0 Å². The summed E-state index contributed by atoms with van der Waals surface area (Å²) in [6.45, 7) is 1.25. The van der Waals surface area contributed by atoms with Crippen LogP contribution in [-0.2, 0) is 11.2 Å². The van der Waals surface area contributed by atoms with Crippen molar-refractivity contribution in [3.05, 3.63) is 59.7 Å². The number of methoxy groups -OCH3 is 1. The van der Waals surface area contributed by atoms with Gasteiger partial charge < -0.3 is 14.8 Å². The maximum Gasteiger partial charge on any atom is 0.238 e. The second kappa shape index (κ2) is 7.98. The molecule has 1 fully saturated rings. The Morgan fingerprint density at radius 3 is 2.89 bits per heavy atom. The van der Waals surface area contributed by atoms with Crippen LogP contribution in [0.4, 0.5) is 0 Å². The molecule has 2 aromatic rings. The first-order valence-electron chi connectivity index (χ1n) is 9.37. The first kappa shape index (κ1) is 17.8. The molecule has 27 heavy (non-hydrogen) atoms. The van der Waals surface area contributed by atoms with E-state index in [9.17, 15) is 4.79 Å². The van der Waals surface area contributed by atoms with Gasteiger partial charge in [0.05, 0.1) is 19.8 Å². The lowest BCUT2D eigenvalue weighted by Crippen LogP contribution is -2.45. The van der Waals surface area contributed by atoms with Crippen molar-refractivity contribution in [3.63, 3.8) is 0 Å². The second-order valence-corrected chi connectivity index (χ2v) is 7.11. The molecular formula is C21H25N3O3. The van der Waals surface area contributed by atoms with E-state index >= 15 is 0 Å². The fourth-order valence-electron chi connectivity index (χ4n) is 3.78. The lowest BCUT2D eigenvalue weighted by Gasteiger charge is -2.25. The third kappa shape index (κ3) is 3.91. The van der Waals surface area contributed by atoms with Gasteiger partial charge in [-0.2, -0.15) is 0 Å². The predicted octanol–water partition coefficient (Wildman–Crippen LogP) is 1.97. The largest absolute Gasteiger partial charge is 0.496 e. The number of fused-ring (bicyclic) bond motifs is 1. The summed E-state index contributed by atoms with van der Waals surface area (Å²) in [6, 6.07) is 15.7. The van der Waals surface area contributed by atoms with Crippen LogP contribution < -0.4 is 25.6 Å². The number of hydrogen-bond acceptors (Lipinski definition) is 5. The highest BCUT2D eigenvalue weighted by molar-refractivity contribution is 5.82. The summed E-state index contributed by atoms with van der Waals surface area (Å²) in [6.07, 6.45) is 1.60. The van der Waals surface area contributed by atoms with Gasteiger partial charge in [0.15, 0.2) is 0 Å². The molecule has 0 radical (unpaired) electrons. The van der Waals surface area contributed by atoms with Crippen molar-refractivity contribution in [1.29, 1.82) is 0 Å². The molecule has 6 heteroatoms. The summed E-state index contributed by atoms with van der Waals surface area (Å²) >= 11 is 0. The Morgan fingerprint density at radius 2 is 2.00 bits per heavy atom. The highest BCUT2D eigenvalue weighted by atomic mass is 16.5. The molecule has 3 N–H and O–H groups in total. The molecule has 6 nitrogen and oxygen atoms in total.